The molecule has 1 aliphatic carbocycles. The summed E-state index contributed by atoms with van der Waals surface area (Å²) in [5.41, 5.74) is 1.00. The van der Waals surface area contributed by atoms with Gasteiger partial charge in [-0.25, -0.2) is 4.79 Å². The average Bonchev–Trinajstić information content (AvgIpc) is 3.20. The highest BCUT2D eigenvalue weighted by molar-refractivity contribution is 5.90. The molecule has 1 spiro atoms. The minimum Gasteiger partial charge on any atom is -0.462 e. The predicted octanol–water partition coefficient (Wildman–Crippen LogP) is 5.83. The molecule has 36 heavy (non-hydrogen) atoms. The van der Waals surface area contributed by atoms with E-state index in [0.29, 0.717) is 37.4 Å². The molecule has 2 unspecified atom stereocenters. The number of cyclic esters (lactones) is 1. The van der Waals surface area contributed by atoms with Crippen LogP contribution in [0, 0.1) is 23.2 Å². The number of rotatable bonds is 5. The van der Waals surface area contributed by atoms with Crippen LogP contribution < -0.4 is 0 Å². The molecule has 0 aromatic rings. The van der Waals surface area contributed by atoms with E-state index in [9.17, 15) is 9.90 Å². The van der Waals surface area contributed by atoms with Crippen LogP contribution in [0.2, 0.25) is 0 Å². The van der Waals surface area contributed by atoms with Gasteiger partial charge in [-0.05, 0) is 88.9 Å². The van der Waals surface area contributed by atoms with Gasteiger partial charge in [0.2, 0.25) is 5.79 Å². The summed E-state index contributed by atoms with van der Waals surface area (Å²) in [4.78, 5) is 11.9. The van der Waals surface area contributed by atoms with E-state index < -0.39 is 22.8 Å². The van der Waals surface area contributed by atoms with Crippen molar-refractivity contribution >= 4 is 5.97 Å². The van der Waals surface area contributed by atoms with Crippen molar-refractivity contribution in [1.82, 2.24) is 0 Å². The van der Waals surface area contributed by atoms with Gasteiger partial charge >= 0.3 is 5.97 Å². The van der Waals surface area contributed by atoms with Gasteiger partial charge in [-0.15, -0.1) is 0 Å². The molecule has 6 aliphatic rings. The molecule has 2 bridgehead atoms. The van der Waals surface area contributed by atoms with Crippen LogP contribution >= 0.6 is 0 Å². The van der Waals surface area contributed by atoms with Crippen LogP contribution in [0.15, 0.2) is 23.8 Å². The molecule has 5 saturated heterocycles. The number of esters is 1. The van der Waals surface area contributed by atoms with Gasteiger partial charge in [-0.2, -0.15) is 0 Å². The van der Waals surface area contributed by atoms with Gasteiger partial charge in [0.05, 0.1) is 13.2 Å². The van der Waals surface area contributed by atoms with Crippen LogP contribution in [0.4, 0.5) is 0 Å². The van der Waals surface area contributed by atoms with Gasteiger partial charge < -0.3 is 24.1 Å². The van der Waals surface area contributed by atoms with E-state index >= 15 is 0 Å². The second-order valence-electron chi connectivity index (χ2n) is 13.4. The van der Waals surface area contributed by atoms with Crippen molar-refractivity contribution in [3.05, 3.63) is 23.8 Å². The lowest BCUT2D eigenvalue weighted by Crippen LogP contribution is -2.78. The van der Waals surface area contributed by atoms with Crippen molar-refractivity contribution in [3.8, 4) is 0 Å². The molecule has 0 amide bonds. The number of carbonyl (C=O) groups excluding carboxylic acids is 1. The van der Waals surface area contributed by atoms with Crippen molar-refractivity contribution in [2.75, 3.05) is 13.2 Å². The van der Waals surface area contributed by atoms with Crippen LogP contribution in [0.1, 0.15) is 98.8 Å². The van der Waals surface area contributed by atoms with Gasteiger partial charge in [0, 0.05) is 24.8 Å². The first-order chi connectivity index (χ1) is 16.8. The molecule has 1 saturated carbocycles. The number of ether oxygens (including phenoxy) is 4. The number of hydrogen-bond donors (Lipinski definition) is 1. The van der Waals surface area contributed by atoms with Crippen LogP contribution in [0.5, 0.6) is 0 Å². The largest absolute Gasteiger partial charge is 0.462 e. The topological polar surface area (TPSA) is 74.2 Å². The first-order valence-electron chi connectivity index (χ1n) is 14.1. The number of aliphatic hydroxyl groups is 1. The van der Waals surface area contributed by atoms with E-state index in [4.69, 9.17) is 18.9 Å². The Morgan fingerprint density at radius 2 is 1.81 bits per heavy atom. The normalized spacial score (nSPS) is 44.8. The van der Waals surface area contributed by atoms with Crippen LogP contribution in [-0.4, -0.2) is 47.1 Å². The molecule has 5 heterocycles. The minimum absolute atomic E-state index is 0.132. The lowest BCUT2D eigenvalue weighted by atomic mass is 9.58. The first-order valence-corrected chi connectivity index (χ1v) is 14.1. The third kappa shape index (κ3) is 4.20. The average molecular weight is 503 g/mol. The molecule has 0 aromatic heterocycles. The summed E-state index contributed by atoms with van der Waals surface area (Å²) in [6.07, 6.45) is 11.3. The highest BCUT2D eigenvalue weighted by atomic mass is 16.8. The molecule has 6 rings (SSSR count). The monoisotopic (exact) mass is 502 g/mol. The fraction of sp³-hybridized carbons (Fsp3) is 0.833. The Morgan fingerprint density at radius 1 is 1.03 bits per heavy atom. The smallest absolute Gasteiger partial charge is 0.333 e. The molecule has 202 valence electrons. The van der Waals surface area contributed by atoms with E-state index in [1.165, 1.54) is 18.4 Å². The van der Waals surface area contributed by atoms with Crippen molar-refractivity contribution < 1.29 is 28.8 Å². The molecular weight excluding hydrogens is 456 g/mol. The van der Waals surface area contributed by atoms with Crippen molar-refractivity contribution in [3.63, 3.8) is 0 Å². The van der Waals surface area contributed by atoms with Gasteiger partial charge in [-0.3, -0.25) is 0 Å². The fourth-order valence-electron chi connectivity index (χ4n) is 7.79. The molecule has 6 heteroatoms. The maximum Gasteiger partial charge on any atom is 0.333 e. The lowest BCUT2D eigenvalue weighted by molar-refractivity contribution is -0.522. The molecule has 6 atom stereocenters. The van der Waals surface area contributed by atoms with Gasteiger partial charge in [0.25, 0.3) is 0 Å². The number of fused-ring (bicyclic) bond motifs is 2. The molecular formula is C30H46O6. The predicted molar refractivity (Wildman–Crippen MR) is 137 cm³/mol. The summed E-state index contributed by atoms with van der Waals surface area (Å²) >= 11 is 0. The number of carbonyl (C=O) groups is 1. The summed E-state index contributed by atoms with van der Waals surface area (Å²) in [5, 5.41) is 11.2. The zero-order chi connectivity index (χ0) is 26.0. The van der Waals surface area contributed by atoms with Gasteiger partial charge in [0.15, 0.2) is 5.79 Å². The maximum absolute atomic E-state index is 11.9. The van der Waals surface area contributed by atoms with Crippen molar-refractivity contribution in [2.45, 2.75) is 122 Å². The Morgan fingerprint density at radius 3 is 2.44 bits per heavy atom. The molecule has 0 aromatic carbocycles. The second kappa shape index (κ2) is 8.93. The van der Waals surface area contributed by atoms with Gasteiger partial charge in [-0.1, -0.05) is 32.1 Å². The lowest BCUT2D eigenvalue weighted by Gasteiger charge is -2.66. The standard InChI is InChI=1S/C30H46O6/c1-20-7-10-23(26(2,3)24(20)12-9-22-14-18-33-25(22)31)11-8-21-13-15-30(34-19-21)28(6)16-17-29(32,36-30)27(4,5)35-28/h9,21,23-24,32H,1,7-8,10-19H2,2-6H3/b22-9+/t21?,23-,24-,28+,29+,30?/m0/s1. The fourth-order valence-corrected chi connectivity index (χ4v) is 7.79. The number of hydrogen-bond acceptors (Lipinski definition) is 6. The van der Waals surface area contributed by atoms with E-state index in [1.807, 2.05) is 13.8 Å². The zero-order valence-electron chi connectivity index (χ0n) is 23.0. The van der Waals surface area contributed by atoms with Crippen LogP contribution in [0.3, 0.4) is 0 Å². The highest BCUT2D eigenvalue weighted by Gasteiger charge is 2.71. The molecule has 6 fully saturated rings. The van der Waals surface area contributed by atoms with Gasteiger partial charge in [0.1, 0.15) is 11.2 Å². The van der Waals surface area contributed by atoms with Crippen LogP contribution in [0.25, 0.3) is 0 Å². The zero-order valence-corrected chi connectivity index (χ0v) is 23.0. The Bertz CT molecular complexity index is 926. The summed E-state index contributed by atoms with van der Waals surface area (Å²) in [6.45, 7) is 16.3. The van der Waals surface area contributed by atoms with E-state index in [2.05, 4.69) is 33.4 Å². The van der Waals surface area contributed by atoms with Crippen molar-refractivity contribution in [1.29, 1.82) is 0 Å². The third-order valence-corrected chi connectivity index (χ3v) is 10.6. The third-order valence-electron chi connectivity index (χ3n) is 10.6. The number of allylic oxidation sites excluding steroid dienone is 2. The molecule has 5 aliphatic heterocycles. The quantitative estimate of drug-likeness (QED) is 0.290. The van der Waals surface area contributed by atoms with E-state index in [-0.39, 0.29) is 11.4 Å². The Hall–Kier alpha value is -1.21. The van der Waals surface area contributed by atoms with Crippen LogP contribution in [-0.2, 0) is 23.7 Å². The minimum atomic E-state index is -1.30. The first kappa shape index (κ1) is 26.4. The summed E-state index contributed by atoms with van der Waals surface area (Å²) in [6, 6.07) is 0. The Balaban J connectivity index is 1.18. The summed E-state index contributed by atoms with van der Waals surface area (Å²) in [7, 11) is 0. The Labute approximate surface area is 216 Å². The molecule has 1 N–H and O–H groups in total. The van der Waals surface area contributed by atoms with E-state index in [0.717, 1.165) is 50.5 Å². The maximum atomic E-state index is 11.9. The van der Waals surface area contributed by atoms with Crippen molar-refractivity contribution in [2.24, 2.45) is 23.2 Å². The van der Waals surface area contributed by atoms with E-state index in [1.54, 1.807) is 0 Å². The summed E-state index contributed by atoms with van der Waals surface area (Å²) < 4.78 is 24.4. The second-order valence-corrected chi connectivity index (χ2v) is 13.4. The highest BCUT2D eigenvalue weighted by Crippen LogP contribution is 2.59. The molecule has 6 nitrogen and oxygen atoms in total. The summed E-state index contributed by atoms with van der Waals surface area (Å²) in [5.74, 6) is -0.816. The SMILES string of the molecule is C=C1CC[C@@H](CCC2CCC3(OC2)O[C@]2(O)CC[C@@]3(C)OC2(C)C)C(C)(C)[C@H]1C/C=C1\CCOC1=O. The molecule has 0 radical (unpaired) electrons. The Kier molecular flexibility index (Phi) is 6.55.